The third-order valence-corrected chi connectivity index (χ3v) is 9.40. The molecule has 3 N–H and O–H groups in total. The van der Waals surface area contributed by atoms with Crippen LogP contribution in [0.1, 0.15) is 47.3 Å². The summed E-state index contributed by atoms with van der Waals surface area (Å²) in [5, 5.41) is 6.92. The molecule has 3 heterocycles. The number of alkyl carbamates (subject to hydrolysis) is 1. The van der Waals surface area contributed by atoms with E-state index in [2.05, 4.69) is 52.5 Å². The van der Waals surface area contributed by atoms with E-state index in [1.165, 1.54) is 11.3 Å². The summed E-state index contributed by atoms with van der Waals surface area (Å²) in [6, 6.07) is 11.5. The molecule has 7 nitrogen and oxygen atoms in total. The molecule has 3 aromatic rings. The minimum Gasteiger partial charge on any atom is -0.444 e. The van der Waals surface area contributed by atoms with Gasteiger partial charge in [-0.3, -0.25) is 4.79 Å². The highest BCUT2D eigenvalue weighted by molar-refractivity contribution is 9.13. The van der Waals surface area contributed by atoms with Gasteiger partial charge in [0.05, 0.1) is 15.0 Å². The number of H-pyrrole nitrogens is 1. The molecule has 10 heteroatoms. The zero-order valence-corrected chi connectivity index (χ0v) is 24.7. The molecule has 2 amide bonds. The summed E-state index contributed by atoms with van der Waals surface area (Å²) in [5.74, 6) is -0.223. The topological polar surface area (TPSA) is 95.6 Å². The summed E-state index contributed by atoms with van der Waals surface area (Å²) in [6.45, 7) is 5.66. The zero-order valence-electron chi connectivity index (χ0n) is 20.7. The molecule has 0 spiro atoms. The van der Waals surface area contributed by atoms with E-state index in [-0.39, 0.29) is 18.5 Å². The fraction of sp³-hybridized carbons (Fsp3) is 0.296. The van der Waals surface area contributed by atoms with Crippen LogP contribution >= 0.6 is 43.2 Å². The first-order chi connectivity index (χ1) is 17.6. The fourth-order valence-electron chi connectivity index (χ4n) is 3.91. The third-order valence-electron chi connectivity index (χ3n) is 5.51. The molecule has 37 heavy (non-hydrogen) atoms. The number of amides is 2. The van der Waals surface area contributed by atoms with Crippen LogP contribution in [-0.2, 0) is 11.2 Å². The summed E-state index contributed by atoms with van der Waals surface area (Å²) in [4.78, 5) is 34.9. The number of hydrogen-bond acceptors (Lipinski definition) is 5. The summed E-state index contributed by atoms with van der Waals surface area (Å²) < 4.78 is 6.89. The van der Waals surface area contributed by atoms with Crippen molar-refractivity contribution in [3.8, 4) is 0 Å². The van der Waals surface area contributed by atoms with Gasteiger partial charge in [-0.2, -0.15) is 0 Å². The van der Waals surface area contributed by atoms with Crippen LogP contribution in [0.4, 0.5) is 4.79 Å². The number of allylic oxidation sites excluding steroid dienone is 1. The van der Waals surface area contributed by atoms with E-state index in [9.17, 15) is 9.59 Å². The maximum absolute atomic E-state index is 13.5. The van der Waals surface area contributed by atoms with E-state index in [1.54, 1.807) is 6.20 Å². The number of hydrogen-bond donors (Lipinski definition) is 3. The molecule has 0 bridgehead atoms. The largest absolute Gasteiger partial charge is 0.444 e. The van der Waals surface area contributed by atoms with E-state index >= 15 is 0 Å². The number of fused-ring (bicyclic) bond motifs is 1. The predicted molar refractivity (Wildman–Crippen MR) is 153 cm³/mol. The van der Waals surface area contributed by atoms with E-state index in [4.69, 9.17) is 4.74 Å². The number of carbonyl (C=O) groups excluding carboxylic acids is 2. The van der Waals surface area contributed by atoms with Crippen molar-refractivity contribution in [2.24, 2.45) is 4.99 Å². The van der Waals surface area contributed by atoms with E-state index in [0.717, 1.165) is 31.2 Å². The Morgan fingerprint density at radius 2 is 1.92 bits per heavy atom. The van der Waals surface area contributed by atoms with Gasteiger partial charge in [-0.25, -0.2) is 9.79 Å². The molecule has 0 fully saturated rings. The number of halogens is 2. The number of nitrogens with one attached hydrogen (secondary N) is 3. The van der Waals surface area contributed by atoms with Crippen LogP contribution in [-0.4, -0.2) is 35.2 Å². The van der Waals surface area contributed by atoms with E-state index < -0.39 is 11.7 Å². The van der Waals surface area contributed by atoms with Crippen LogP contribution in [0.2, 0.25) is 0 Å². The number of ether oxygens (including phenoxy) is 1. The second kappa shape index (κ2) is 11.8. The Kier molecular flexibility index (Phi) is 8.71. The lowest BCUT2D eigenvalue weighted by Crippen LogP contribution is -2.46. The van der Waals surface area contributed by atoms with Gasteiger partial charge in [-0.15, -0.1) is 11.3 Å². The van der Waals surface area contributed by atoms with E-state index in [0.29, 0.717) is 22.2 Å². The number of benzene rings is 1. The lowest BCUT2D eigenvalue weighted by molar-refractivity contribution is 0.0520. The number of nitrogens with zero attached hydrogens (tertiary/aromatic N) is 1. The van der Waals surface area contributed by atoms with Crippen LogP contribution < -0.4 is 21.3 Å². The van der Waals surface area contributed by atoms with Crippen molar-refractivity contribution in [1.82, 2.24) is 15.6 Å². The zero-order chi connectivity index (χ0) is 26.6. The van der Waals surface area contributed by atoms with Gasteiger partial charge in [0.15, 0.2) is 0 Å². The van der Waals surface area contributed by atoms with Crippen molar-refractivity contribution in [2.45, 2.75) is 45.3 Å². The van der Waals surface area contributed by atoms with Gasteiger partial charge >= 0.3 is 6.09 Å². The molecule has 1 aromatic carbocycles. The summed E-state index contributed by atoms with van der Waals surface area (Å²) in [5.41, 5.74) is 2.32. The molecule has 1 unspecified atom stereocenters. The molecule has 0 aliphatic carbocycles. The third kappa shape index (κ3) is 7.00. The number of rotatable bonds is 7. The Balaban J connectivity index is 1.58. The first kappa shape index (κ1) is 27.3. The highest BCUT2D eigenvalue weighted by Gasteiger charge is 2.25. The van der Waals surface area contributed by atoms with Crippen LogP contribution in [0.3, 0.4) is 0 Å². The summed E-state index contributed by atoms with van der Waals surface area (Å²) >= 11 is 8.73. The van der Waals surface area contributed by atoms with Crippen molar-refractivity contribution in [3.05, 3.63) is 89.8 Å². The van der Waals surface area contributed by atoms with Gasteiger partial charge < -0.3 is 20.4 Å². The SMILES string of the molecule is CC(C)(C)OC(=O)NCC(Cc1ccccc1)NC(=O)c1sc(C2=c3cc[nH]c3=NC=CC2)c(Br)c1Br. The summed E-state index contributed by atoms with van der Waals surface area (Å²) in [7, 11) is 0. The lowest BCUT2D eigenvalue weighted by atomic mass is 10.1. The highest BCUT2D eigenvalue weighted by Crippen LogP contribution is 2.41. The Hall–Kier alpha value is -2.69. The van der Waals surface area contributed by atoms with Gasteiger partial charge in [-0.1, -0.05) is 36.4 Å². The normalized spacial score (nSPS) is 13.8. The smallest absolute Gasteiger partial charge is 0.407 e. The Morgan fingerprint density at radius 1 is 1.16 bits per heavy atom. The number of carbonyl (C=O) groups is 2. The quantitative estimate of drug-likeness (QED) is 0.329. The number of thiophene rings is 1. The second-order valence-electron chi connectivity index (χ2n) is 9.57. The molecular weight excluding hydrogens is 620 g/mol. The van der Waals surface area contributed by atoms with Gasteiger partial charge in [0, 0.05) is 29.0 Å². The fourth-order valence-corrected chi connectivity index (χ4v) is 6.53. The average Bonchev–Trinajstić information content (AvgIpc) is 3.36. The first-order valence-corrected chi connectivity index (χ1v) is 14.2. The highest BCUT2D eigenvalue weighted by atomic mass is 79.9. The van der Waals surface area contributed by atoms with Gasteiger partial charge in [0.1, 0.15) is 16.0 Å². The van der Waals surface area contributed by atoms with Gasteiger partial charge in [0.25, 0.3) is 5.91 Å². The number of aromatic nitrogens is 1. The maximum atomic E-state index is 13.5. The molecule has 0 saturated heterocycles. The Labute approximate surface area is 236 Å². The molecule has 1 atom stereocenters. The van der Waals surface area contributed by atoms with Crippen molar-refractivity contribution in [3.63, 3.8) is 0 Å². The molecule has 2 aromatic heterocycles. The molecule has 0 radical (unpaired) electrons. The average molecular weight is 648 g/mol. The minimum absolute atomic E-state index is 0.223. The van der Waals surface area contributed by atoms with E-state index in [1.807, 2.05) is 69.4 Å². The van der Waals surface area contributed by atoms with Crippen LogP contribution in [0.25, 0.3) is 5.57 Å². The van der Waals surface area contributed by atoms with Crippen LogP contribution in [0, 0.1) is 0 Å². The van der Waals surface area contributed by atoms with Crippen molar-refractivity contribution >= 4 is 60.8 Å². The van der Waals surface area contributed by atoms with Crippen LogP contribution in [0.5, 0.6) is 0 Å². The van der Waals surface area contributed by atoms with Crippen molar-refractivity contribution in [1.29, 1.82) is 0 Å². The molecular formula is C27H28Br2N4O3S. The van der Waals surface area contributed by atoms with Crippen LogP contribution in [0.15, 0.2) is 68.8 Å². The number of aromatic amines is 1. The lowest BCUT2D eigenvalue weighted by Gasteiger charge is -2.23. The van der Waals surface area contributed by atoms with Gasteiger partial charge in [-0.05, 0) is 82.7 Å². The standard InChI is InChI=1S/C27H28Br2N4O3S/c1-27(2,3)36-26(35)32-15-17(14-16-8-5-4-6-9-16)33-25(34)23-21(29)20(28)22(37-23)18-10-7-12-30-24-19(18)11-13-31-24/h4-9,11-13,17H,10,14-15H2,1-3H3,(H,30,31)(H,32,35)(H,33,34). The Morgan fingerprint density at radius 3 is 2.65 bits per heavy atom. The predicted octanol–water partition coefficient (Wildman–Crippen LogP) is 5.20. The first-order valence-electron chi connectivity index (χ1n) is 11.8. The Bertz CT molecular complexity index is 1440. The monoisotopic (exact) mass is 646 g/mol. The van der Waals surface area contributed by atoms with Gasteiger partial charge in [0.2, 0.25) is 0 Å². The maximum Gasteiger partial charge on any atom is 0.407 e. The summed E-state index contributed by atoms with van der Waals surface area (Å²) in [6.07, 6.45) is 6.38. The molecule has 1 aliphatic rings. The molecule has 194 valence electrons. The van der Waals surface area contributed by atoms with Crippen molar-refractivity contribution in [2.75, 3.05) is 6.54 Å². The minimum atomic E-state index is -0.607. The molecule has 0 saturated carbocycles. The van der Waals surface area contributed by atoms with Crippen molar-refractivity contribution < 1.29 is 14.3 Å². The second-order valence-corrected chi connectivity index (χ2v) is 12.2. The molecule has 4 rings (SSSR count). The molecule has 1 aliphatic heterocycles.